The standard InChI is InChI=1S/C11H22N2O2/c1-13-8-4-3-5-9(13)6-7-10(12)11(14)15-2/h9-10H,3-8,12H2,1-2H3. The second kappa shape index (κ2) is 6.08. The molecule has 0 spiro atoms. The number of esters is 1. The molecule has 1 heterocycles. The lowest BCUT2D eigenvalue weighted by atomic mass is 9.97. The minimum Gasteiger partial charge on any atom is -0.468 e. The van der Waals surface area contributed by atoms with Crippen LogP contribution in [-0.2, 0) is 9.53 Å². The number of hydrogen-bond donors (Lipinski definition) is 1. The summed E-state index contributed by atoms with van der Waals surface area (Å²) in [5, 5.41) is 0. The Hall–Kier alpha value is -0.610. The first kappa shape index (κ1) is 12.5. The van der Waals surface area contributed by atoms with E-state index in [1.807, 2.05) is 0 Å². The van der Waals surface area contributed by atoms with Gasteiger partial charge in [0.15, 0.2) is 0 Å². The predicted molar refractivity (Wildman–Crippen MR) is 59.5 cm³/mol. The lowest BCUT2D eigenvalue weighted by Gasteiger charge is -2.32. The monoisotopic (exact) mass is 214 g/mol. The Morgan fingerprint density at radius 3 is 2.93 bits per heavy atom. The zero-order valence-corrected chi connectivity index (χ0v) is 9.74. The highest BCUT2D eigenvalue weighted by Crippen LogP contribution is 2.19. The van der Waals surface area contributed by atoms with Gasteiger partial charge >= 0.3 is 5.97 Å². The lowest BCUT2D eigenvalue weighted by molar-refractivity contribution is -0.142. The predicted octanol–water partition coefficient (Wildman–Crippen LogP) is 0.751. The zero-order valence-electron chi connectivity index (χ0n) is 9.74. The van der Waals surface area contributed by atoms with Crippen LogP contribution in [0.15, 0.2) is 0 Å². The van der Waals surface area contributed by atoms with Crippen LogP contribution in [0.4, 0.5) is 0 Å². The Bertz CT molecular complexity index is 209. The van der Waals surface area contributed by atoms with Crippen molar-refractivity contribution in [3.8, 4) is 0 Å². The maximum absolute atomic E-state index is 11.1. The van der Waals surface area contributed by atoms with Crippen molar-refractivity contribution in [2.24, 2.45) is 5.73 Å². The van der Waals surface area contributed by atoms with Gasteiger partial charge in [-0.05, 0) is 39.3 Å². The van der Waals surface area contributed by atoms with E-state index in [2.05, 4.69) is 16.7 Å². The van der Waals surface area contributed by atoms with Gasteiger partial charge in [0.05, 0.1) is 7.11 Å². The maximum atomic E-state index is 11.1. The van der Waals surface area contributed by atoms with E-state index in [1.165, 1.54) is 26.4 Å². The normalized spacial score (nSPS) is 24.9. The molecule has 0 aromatic rings. The molecular weight excluding hydrogens is 192 g/mol. The summed E-state index contributed by atoms with van der Waals surface area (Å²) < 4.78 is 4.60. The van der Waals surface area contributed by atoms with E-state index in [9.17, 15) is 4.79 Å². The molecule has 1 saturated heterocycles. The summed E-state index contributed by atoms with van der Waals surface area (Å²) in [6, 6.07) is 0.139. The molecule has 15 heavy (non-hydrogen) atoms. The highest BCUT2D eigenvalue weighted by Gasteiger charge is 2.21. The number of methoxy groups -OCH3 is 1. The van der Waals surface area contributed by atoms with Crippen molar-refractivity contribution in [1.29, 1.82) is 0 Å². The molecule has 0 aliphatic carbocycles. The molecule has 0 aromatic carbocycles. The smallest absolute Gasteiger partial charge is 0.322 e. The Morgan fingerprint density at radius 1 is 1.60 bits per heavy atom. The van der Waals surface area contributed by atoms with Gasteiger partial charge in [-0.3, -0.25) is 4.79 Å². The van der Waals surface area contributed by atoms with Crippen LogP contribution in [0.3, 0.4) is 0 Å². The molecule has 2 N–H and O–H groups in total. The fourth-order valence-corrected chi connectivity index (χ4v) is 2.15. The van der Waals surface area contributed by atoms with E-state index in [0.29, 0.717) is 6.04 Å². The number of likely N-dealkylation sites (tertiary alicyclic amines) is 1. The lowest BCUT2D eigenvalue weighted by Crippen LogP contribution is -2.39. The molecule has 1 aliphatic heterocycles. The topological polar surface area (TPSA) is 55.6 Å². The minimum atomic E-state index is -0.453. The van der Waals surface area contributed by atoms with Gasteiger partial charge in [0.1, 0.15) is 6.04 Å². The van der Waals surface area contributed by atoms with Gasteiger partial charge in [0, 0.05) is 6.04 Å². The third kappa shape index (κ3) is 3.80. The third-order valence-electron chi connectivity index (χ3n) is 3.24. The van der Waals surface area contributed by atoms with Gasteiger partial charge in [-0.1, -0.05) is 6.42 Å². The number of nitrogens with two attached hydrogens (primary N) is 1. The van der Waals surface area contributed by atoms with Gasteiger partial charge in [0.2, 0.25) is 0 Å². The van der Waals surface area contributed by atoms with Gasteiger partial charge in [0.25, 0.3) is 0 Å². The highest BCUT2D eigenvalue weighted by molar-refractivity contribution is 5.75. The first-order valence-electron chi connectivity index (χ1n) is 5.68. The number of ether oxygens (including phenoxy) is 1. The molecule has 0 radical (unpaired) electrons. The minimum absolute atomic E-state index is 0.298. The Balaban J connectivity index is 2.26. The molecule has 4 nitrogen and oxygen atoms in total. The van der Waals surface area contributed by atoms with Crippen LogP contribution < -0.4 is 5.73 Å². The number of nitrogens with zero attached hydrogens (tertiary/aromatic N) is 1. The van der Waals surface area contributed by atoms with E-state index in [4.69, 9.17) is 5.73 Å². The summed E-state index contributed by atoms with van der Waals surface area (Å²) in [4.78, 5) is 13.5. The summed E-state index contributed by atoms with van der Waals surface area (Å²) in [5.74, 6) is -0.298. The molecule has 1 fully saturated rings. The van der Waals surface area contributed by atoms with Crippen molar-refractivity contribution < 1.29 is 9.53 Å². The second-order valence-corrected chi connectivity index (χ2v) is 4.34. The van der Waals surface area contributed by atoms with Crippen LogP contribution in [0.1, 0.15) is 32.1 Å². The van der Waals surface area contributed by atoms with Crippen molar-refractivity contribution in [2.75, 3.05) is 20.7 Å². The molecule has 0 amide bonds. The van der Waals surface area contributed by atoms with Crippen molar-refractivity contribution in [3.05, 3.63) is 0 Å². The van der Waals surface area contributed by atoms with Crippen LogP contribution in [0.2, 0.25) is 0 Å². The largest absolute Gasteiger partial charge is 0.468 e. The van der Waals surface area contributed by atoms with E-state index in [0.717, 1.165) is 19.4 Å². The van der Waals surface area contributed by atoms with Gasteiger partial charge < -0.3 is 15.4 Å². The summed E-state index contributed by atoms with van der Waals surface area (Å²) >= 11 is 0. The first-order valence-corrected chi connectivity index (χ1v) is 5.68. The van der Waals surface area contributed by atoms with Crippen LogP contribution in [0.25, 0.3) is 0 Å². The van der Waals surface area contributed by atoms with Gasteiger partial charge in [-0.2, -0.15) is 0 Å². The van der Waals surface area contributed by atoms with E-state index in [-0.39, 0.29) is 5.97 Å². The average molecular weight is 214 g/mol. The highest BCUT2D eigenvalue weighted by atomic mass is 16.5. The number of carbonyl (C=O) groups excluding carboxylic acids is 1. The fourth-order valence-electron chi connectivity index (χ4n) is 2.15. The third-order valence-corrected chi connectivity index (χ3v) is 3.24. The van der Waals surface area contributed by atoms with Crippen LogP contribution in [0, 0.1) is 0 Å². The van der Waals surface area contributed by atoms with Gasteiger partial charge in [-0.25, -0.2) is 0 Å². The molecule has 4 heteroatoms. The quantitative estimate of drug-likeness (QED) is 0.702. The molecule has 1 aliphatic rings. The fraction of sp³-hybridized carbons (Fsp3) is 0.909. The van der Waals surface area contributed by atoms with E-state index < -0.39 is 6.04 Å². The van der Waals surface area contributed by atoms with Crippen LogP contribution in [-0.4, -0.2) is 43.7 Å². The van der Waals surface area contributed by atoms with Crippen molar-refractivity contribution in [3.63, 3.8) is 0 Å². The van der Waals surface area contributed by atoms with Crippen LogP contribution >= 0.6 is 0 Å². The Labute approximate surface area is 91.8 Å². The van der Waals surface area contributed by atoms with Crippen molar-refractivity contribution in [2.45, 2.75) is 44.2 Å². The Kier molecular flexibility index (Phi) is 5.05. The maximum Gasteiger partial charge on any atom is 0.322 e. The number of carbonyl (C=O) groups is 1. The SMILES string of the molecule is COC(=O)C(N)CCC1CCCCN1C. The average Bonchev–Trinajstić information content (AvgIpc) is 2.26. The summed E-state index contributed by atoms with van der Waals surface area (Å²) in [6.07, 6.45) is 5.53. The molecule has 2 atom stereocenters. The molecular formula is C11H22N2O2. The summed E-state index contributed by atoms with van der Waals surface area (Å²) in [6.45, 7) is 1.16. The second-order valence-electron chi connectivity index (χ2n) is 4.34. The number of rotatable bonds is 4. The first-order chi connectivity index (χ1) is 7.15. The molecule has 0 aromatic heterocycles. The molecule has 1 rings (SSSR count). The molecule has 0 bridgehead atoms. The zero-order chi connectivity index (χ0) is 11.3. The van der Waals surface area contributed by atoms with Crippen molar-refractivity contribution >= 4 is 5.97 Å². The summed E-state index contributed by atoms with van der Waals surface area (Å²) in [5.41, 5.74) is 5.70. The molecule has 88 valence electrons. The number of hydrogen-bond acceptors (Lipinski definition) is 4. The van der Waals surface area contributed by atoms with E-state index in [1.54, 1.807) is 0 Å². The molecule has 2 unspecified atom stereocenters. The van der Waals surface area contributed by atoms with Crippen molar-refractivity contribution in [1.82, 2.24) is 4.90 Å². The van der Waals surface area contributed by atoms with Gasteiger partial charge in [-0.15, -0.1) is 0 Å². The summed E-state index contributed by atoms with van der Waals surface area (Å²) in [7, 11) is 3.53. The number of piperidine rings is 1. The van der Waals surface area contributed by atoms with Crippen LogP contribution in [0.5, 0.6) is 0 Å². The Morgan fingerprint density at radius 2 is 2.33 bits per heavy atom. The molecule has 0 saturated carbocycles. The van der Waals surface area contributed by atoms with E-state index >= 15 is 0 Å².